The summed E-state index contributed by atoms with van der Waals surface area (Å²) in [4.78, 5) is 0. The molecular weight excluding hydrogens is 190 g/mol. The summed E-state index contributed by atoms with van der Waals surface area (Å²) >= 11 is 0. The summed E-state index contributed by atoms with van der Waals surface area (Å²) in [5.41, 5.74) is 3.79. The lowest BCUT2D eigenvalue weighted by atomic mass is 9.90. The Hall–Kier alpha value is -0.870. The molecule has 0 saturated carbocycles. The van der Waals surface area contributed by atoms with Crippen LogP contribution >= 0.6 is 0 Å². The van der Waals surface area contributed by atoms with E-state index in [1.54, 1.807) is 0 Å². The Morgan fingerprint density at radius 3 is 2.87 bits per heavy atom. The second-order valence-electron chi connectivity index (χ2n) is 4.13. The number of nitrogens with zero attached hydrogens (tertiary/aromatic N) is 1. The first-order valence-electron chi connectivity index (χ1n) is 5.59. The number of ether oxygens (including phenoxy) is 1. The maximum absolute atomic E-state index is 5.39. The predicted molar refractivity (Wildman–Crippen MR) is 58.9 cm³/mol. The molecule has 1 aromatic heterocycles. The van der Waals surface area contributed by atoms with Gasteiger partial charge in [-0.2, -0.15) is 5.10 Å². The van der Waals surface area contributed by atoms with Gasteiger partial charge in [-0.15, -0.1) is 0 Å². The first-order valence-corrected chi connectivity index (χ1v) is 5.59. The molecule has 1 saturated heterocycles. The van der Waals surface area contributed by atoms with Gasteiger partial charge in [-0.05, 0) is 32.7 Å². The van der Waals surface area contributed by atoms with Crippen molar-refractivity contribution in [2.45, 2.75) is 32.2 Å². The highest BCUT2D eigenvalue weighted by Gasteiger charge is 2.22. The Kier molecular flexibility index (Phi) is 3.38. The lowest BCUT2D eigenvalue weighted by molar-refractivity contribution is 0.0850. The summed E-state index contributed by atoms with van der Waals surface area (Å²) in [5.74, 6) is 0.626. The van der Waals surface area contributed by atoms with Crippen molar-refractivity contribution in [1.29, 1.82) is 0 Å². The van der Waals surface area contributed by atoms with E-state index < -0.39 is 0 Å². The van der Waals surface area contributed by atoms with Gasteiger partial charge in [-0.3, -0.25) is 5.10 Å². The van der Waals surface area contributed by atoms with Crippen LogP contribution in [0.5, 0.6) is 0 Å². The van der Waals surface area contributed by atoms with Gasteiger partial charge >= 0.3 is 0 Å². The highest BCUT2D eigenvalue weighted by molar-refractivity contribution is 5.29. The smallest absolute Gasteiger partial charge is 0.0797 e. The Balaban J connectivity index is 2.19. The summed E-state index contributed by atoms with van der Waals surface area (Å²) in [5, 5.41) is 10.6. The first kappa shape index (κ1) is 10.6. The second kappa shape index (κ2) is 4.77. The van der Waals surface area contributed by atoms with Crippen LogP contribution in [0.25, 0.3) is 0 Å². The topological polar surface area (TPSA) is 49.9 Å². The van der Waals surface area contributed by atoms with Crippen molar-refractivity contribution in [3.05, 3.63) is 17.0 Å². The molecule has 0 bridgehead atoms. The molecule has 4 nitrogen and oxygen atoms in total. The Labute approximate surface area is 90.4 Å². The monoisotopic (exact) mass is 209 g/mol. The van der Waals surface area contributed by atoms with Crippen LogP contribution in [0, 0.1) is 6.92 Å². The number of hydrogen-bond acceptors (Lipinski definition) is 3. The fraction of sp³-hybridized carbons (Fsp3) is 0.727. The molecule has 4 heteroatoms. The highest BCUT2D eigenvalue weighted by Crippen LogP contribution is 2.30. The normalized spacial score (nSPS) is 18.3. The van der Waals surface area contributed by atoms with Crippen molar-refractivity contribution >= 4 is 0 Å². The first-order chi connectivity index (χ1) is 7.33. The average molecular weight is 209 g/mol. The van der Waals surface area contributed by atoms with Crippen molar-refractivity contribution in [2.24, 2.45) is 0 Å². The van der Waals surface area contributed by atoms with E-state index in [1.165, 1.54) is 17.0 Å². The molecule has 1 aliphatic heterocycles. The van der Waals surface area contributed by atoms with E-state index in [9.17, 15) is 0 Å². The summed E-state index contributed by atoms with van der Waals surface area (Å²) < 4.78 is 5.39. The zero-order valence-electron chi connectivity index (χ0n) is 9.47. The summed E-state index contributed by atoms with van der Waals surface area (Å²) in [6.07, 6.45) is 2.24. The summed E-state index contributed by atoms with van der Waals surface area (Å²) in [7, 11) is 1.96. The number of aromatic amines is 1. The third-order valence-corrected chi connectivity index (χ3v) is 3.05. The molecule has 0 unspecified atom stereocenters. The van der Waals surface area contributed by atoms with Crippen LogP contribution in [0.4, 0.5) is 0 Å². The maximum atomic E-state index is 5.39. The molecule has 2 rings (SSSR count). The van der Waals surface area contributed by atoms with Crippen LogP contribution in [0.2, 0.25) is 0 Å². The minimum atomic E-state index is 0.626. The number of hydrogen-bond donors (Lipinski definition) is 2. The fourth-order valence-electron chi connectivity index (χ4n) is 2.32. The number of H-pyrrole nitrogens is 1. The molecule has 0 aromatic carbocycles. The van der Waals surface area contributed by atoms with Crippen LogP contribution in [0.15, 0.2) is 0 Å². The maximum Gasteiger partial charge on any atom is 0.0797 e. The van der Waals surface area contributed by atoms with Gasteiger partial charge in [-0.25, -0.2) is 0 Å². The third kappa shape index (κ3) is 2.21. The predicted octanol–water partition coefficient (Wildman–Crippen LogP) is 1.33. The number of aromatic nitrogens is 2. The van der Waals surface area contributed by atoms with E-state index in [-0.39, 0.29) is 0 Å². The summed E-state index contributed by atoms with van der Waals surface area (Å²) in [6.45, 7) is 4.72. The van der Waals surface area contributed by atoms with Gasteiger partial charge in [0.05, 0.1) is 5.69 Å². The Morgan fingerprint density at radius 2 is 2.20 bits per heavy atom. The molecule has 1 aliphatic rings. The zero-order valence-corrected chi connectivity index (χ0v) is 9.47. The van der Waals surface area contributed by atoms with Crippen molar-refractivity contribution in [1.82, 2.24) is 15.5 Å². The standard InChI is InChI=1S/C11H19N3O/c1-8-11(9-3-5-15-6-4-9)10(7-12-2)14-13-8/h9,12H,3-7H2,1-2H3,(H,13,14). The molecule has 15 heavy (non-hydrogen) atoms. The number of rotatable bonds is 3. The fourth-order valence-corrected chi connectivity index (χ4v) is 2.32. The van der Waals surface area contributed by atoms with Gasteiger partial charge in [0.1, 0.15) is 0 Å². The van der Waals surface area contributed by atoms with Gasteiger partial charge in [0.15, 0.2) is 0 Å². The molecule has 2 N–H and O–H groups in total. The SMILES string of the molecule is CNCc1n[nH]c(C)c1C1CCOCC1. The Bertz CT molecular complexity index is 316. The zero-order chi connectivity index (χ0) is 10.7. The minimum Gasteiger partial charge on any atom is -0.381 e. The van der Waals surface area contributed by atoms with Crippen LogP contribution in [-0.2, 0) is 11.3 Å². The molecule has 0 radical (unpaired) electrons. The summed E-state index contributed by atoms with van der Waals surface area (Å²) in [6, 6.07) is 0. The van der Waals surface area contributed by atoms with Gasteiger partial charge in [0.25, 0.3) is 0 Å². The van der Waals surface area contributed by atoms with E-state index in [2.05, 4.69) is 22.4 Å². The lowest BCUT2D eigenvalue weighted by Gasteiger charge is -2.22. The van der Waals surface area contributed by atoms with Crippen molar-refractivity contribution in [3.63, 3.8) is 0 Å². The van der Waals surface area contributed by atoms with E-state index >= 15 is 0 Å². The second-order valence-corrected chi connectivity index (χ2v) is 4.13. The molecule has 0 atom stereocenters. The lowest BCUT2D eigenvalue weighted by Crippen LogP contribution is -2.17. The van der Waals surface area contributed by atoms with E-state index in [4.69, 9.17) is 4.74 Å². The Morgan fingerprint density at radius 1 is 1.47 bits per heavy atom. The minimum absolute atomic E-state index is 0.626. The van der Waals surface area contributed by atoms with Gasteiger partial charge < -0.3 is 10.1 Å². The quantitative estimate of drug-likeness (QED) is 0.789. The number of nitrogens with one attached hydrogen (secondary N) is 2. The highest BCUT2D eigenvalue weighted by atomic mass is 16.5. The molecule has 1 aromatic rings. The molecule has 0 amide bonds. The molecule has 0 aliphatic carbocycles. The third-order valence-electron chi connectivity index (χ3n) is 3.05. The van der Waals surface area contributed by atoms with Gasteiger partial charge in [0.2, 0.25) is 0 Å². The largest absolute Gasteiger partial charge is 0.381 e. The van der Waals surface area contributed by atoms with Crippen LogP contribution < -0.4 is 5.32 Å². The van der Waals surface area contributed by atoms with Crippen molar-refractivity contribution in [3.8, 4) is 0 Å². The van der Waals surface area contributed by atoms with E-state index in [0.717, 1.165) is 32.6 Å². The van der Waals surface area contributed by atoms with E-state index in [0.29, 0.717) is 5.92 Å². The van der Waals surface area contributed by atoms with Crippen LogP contribution in [-0.4, -0.2) is 30.5 Å². The molecule has 1 fully saturated rings. The van der Waals surface area contributed by atoms with Gasteiger partial charge in [-0.1, -0.05) is 0 Å². The molecule has 0 spiro atoms. The van der Waals surface area contributed by atoms with Crippen LogP contribution in [0.3, 0.4) is 0 Å². The average Bonchev–Trinajstić information content (AvgIpc) is 2.62. The molecule has 2 heterocycles. The molecule has 84 valence electrons. The van der Waals surface area contributed by atoms with Gasteiger partial charge in [0, 0.05) is 31.0 Å². The van der Waals surface area contributed by atoms with Crippen LogP contribution in [0.1, 0.15) is 35.7 Å². The molecular formula is C11H19N3O. The number of aryl methyl sites for hydroxylation is 1. The van der Waals surface area contributed by atoms with Crippen molar-refractivity contribution < 1.29 is 4.74 Å². The van der Waals surface area contributed by atoms with E-state index in [1.807, 2.05) is 7.05 Å². The van der Waals surface area contributed by atoms with Crippen molar-refractivity contribution in [2.75, 3.05) is 20.3 Å².